The highest BCUT2D eigenvalue weighted by atomic mass is 16.5. The van der Waals surface area contributed by atoms with E-state index in [2.05, 4.69) is 5.32 Å². The summed E-state index contributed by atoms with van der Waals surface area (Å²) in [6, 6.07) is 0. The highest BCUT2D eigenvalue weighted by molar-refractivity contribution is 5.84. The first-order valence-electron chi connectivity index (χ1n) is 6.84. The quantitative estimate of drug-likeness (QED) is 0.658. The van der Waals surface area contributed by atoms with Crippen LogP contribution in [0.25, 0.3) is 0 Å². The molecule has 0 spiro atoms. The van der Waals surface area contributed by atoms with Crippen molar-refractivity contribution in [2.45, 2.75) is 32.1 Å². The van der Waals surface area contributed by atoms with Crippen LogP contribution in [0.2, 0.25) is 0 Å². The summed E-state index contributed by atoms with van der Waals surface area (Å²) in [5.41, 5.74) is 4.34. The fourth-order valence-electron chi connectivity index (χ4n) is 2.79. The van der Waals surface area contributed by atoms with Gasteiger partial charge in [0.05, 0.1) is 10.8 Å². The molecule has 6 heteroatoms. The molecule has 0 bridgehead atoms. The van der Waals surface area contributed by atoms with Gasteiger partial charge in [0, 0.05) is 26.3 Å². The van der Waals surface area contributed by atoms with Gasteiger partial charge in [-0.1, -0.05) is 6.42 Å². The van der Waals surface area contributed by atoms with Crippen molar-refractivity contribution in [3.63, 3.8) is 0 Å². The van der Waals surface area contributed by atoms with Crippen molar-refractivity contribution in [1.82, 2.24) is 5.32 Å². The number of amides is 1. The van der Waals surface area contributed by atoms with E-state index in [9.17, 15) is 14.7 Å². The van der Waals surface area contributed by atoms with Crippen LogP contribution >= 0.6 is 0 Å². The highest BCUT2D eigenvalue weighted by Gasteiger charge is 2.45. The molecule has 1 aliphatic heterocycles. The number of carbonyl (C=O) groups excluding carboxylic acids is 1. The Morgan fingerprint density at radius 2 is 1.79 bits per heavy atom. The number of nitrogens with one attached hydrogen (secondary N) is 1. The lowest BCUT2D eigenvalue weighted by atomic mass is 9.68. The van der Waals surface area contributed by atoms with Crippen molar-refractivity contribution < 1.29 is 19.4 Å². The second-order valence-electron chi connectivity index (χ2n) is 5.72. The number of carboxylic acids is 1. The lowest BCUT2D eigenvalue weighted by molar-refractivity contribution is -0.155. The van der Waals surface area contributed by atoms with Crippen LogP contribution in [0.5, 0.6) is 0 Å². The molecule has 1 saturated heterocycles. The monoisotopic (exact) mass is 270 g/mol. The molecule has 0 aromatic heterocycles. The summed E-state index contributed by atoms with van der Waals surface area (Å²) < 4.78 is 5.21. The normalized spacial score (nSPS) is 24.3. The zero-order valence-electron chi connectivity index (χ0n) is 11.1. The minimum atomic E-state index is -0.882. The van der Waals surface area contributed by atoms with Gasteiger partial charge in [0.1, 0.15) is 0 Å². The molecule has 0 radical (unpaired) electrons. The minimum absolute atomic E-state index is 0.0895. The van der Waals surface area contributed by atoms with Crippen molar-refractivity contribution >= 4 is 11.9 Å². The third-order valence-corrected chi connectivity index (χ3v) is 4.67. The Morgan fingerprint density at radius 1 is 1.16 bits per heavy atom. The highest BCUT2D eigenvalue weighted by Crippen LogP contribution is 2.40. The molecule has 4 N–H and O–H groups in total. The fraction of sp³-hybridized carbons (Fsp3) is 0.846. The summed E-state index contributed by atoms with van der Waals surface area (Å²) >= 11 is 0. The van der Waals surface area contributed by atoms with Gasteiger partial charge in [0.15, 0.2) is 0 Å². The topological polar surface area (TPSA) is 102 Å². The lowest BCUT2D eigenvalue weighted by Gasteiger charge is -2.40. The molecular weight excluding hydrogens is 248 g/mol. The number of carboxylic acid groups (broad SMARTS) is 1. The third-order valence-electron chi connectivity index (χ3n) is 4.67. The average molecular weight is 270 g/mol. The van der Waals surface area contributed by atoms with Crippen LogP contribution in [0.3, 0.4) is 0 Å². The van der Waals surface area contributed by atoms with Gasteiger partial charge in [0.25, 0.3) is 0 Å². The van der Waals surface area contributed by atoms with Gasteiger partial charge < -0.3 is 20.9 Å². The number of hydrogen-bond donors (Lipinski definition) is 3. The second kappa shape index (κ2) is 5.46. The van der Waals surface area contributed by atoms with E-state index in [1.54, 1.807) is 0 Å². The maximum Gasteiger partial charge on any atom is 0.311 e. The first kappa shape index (κ1) is 14.3. The molecule has 0 atom stereocenters. The van der Waals surface area contributed by atoms with E-state index in [1.807, 2.05) is 0 Å². The van der Waals surface area contributed by atoms with Crippen LogP contribution in [0.1, 0.15) is 32.1 Å². The van der Waals surface area contributed by atoms with Gasteiger partial charge in [-0.15, -0.1) is 0 Å². The first-order chi connectivity index (χ1) is 9.05. The largest absolute Gasteiger partial charge is 0.481 e. The van der Waals surface area contributed by atoms with Crippen LogP contribution in [-0.4, -0.2) is 43.3 Å². The van der Waals surface area contributed by atoms with Gasteiger partial charge in [0.2, 0.25) is 5.91 Å². The van der Waals surface area contributed by atoms with Crippen LogP contribution in [0.4, 0.5) is 0 Å². The van der Waals surface area contributed by atoms with E-state index in [4.69, 9.17) is 10.5 Å². The maximum atomic E-state index is 12.2. The van der Waals surface area contributed by atoms with Crippen molar-refractivity contribution in [2.75, 3.05) is 26.3 Å². The smallest absolute Gasteiger partial charge is 0.311 e. The summed E-state index contributed by atoms with van der Waals surface area (Å²) in [5, 5.41) is 12.2. The Labute approximate surface area is 112 Å². The molecule has 108 valence electrons. The molecule has 1 saturated carbocycles. The Morgan fingerprint density at radius 3 is 2.21 bits per heavy atom. The zero-order chi connectivity index (χ0) is 13.9. The third kappa shape index (κ3) is 2.60. The van der Waals surface area contributed by atoms with E-state index in [0.29, 0.717) is 32.6 Å². The Bertz CT molecular complexity index is 354. The number of hydrogen-bond acceptors (Lipinski definition) is 4. The van der Waals surface area contributed by atoms with Gasteiger partial charge in [-0.05, 0) is 25.7 Å². The number of aliphatic carboxylic acids is 1. The number of ether oxygens (including phenoxy) is 1. The van der Waals surface area contributed by atoms with Crippen LogP contribution in [-0.2, 0) is 14.3 Å². The molecule has 1 aliphatic carbocycles. The van der Waals surface area contributed by atoms with Gasteiger partial charge in [-0.3, -0.25) is 9.59 Å². The molecule has 1 heterocycles. The van der Waals surface area contributed by atoms with Crippen molar-refractivity contribution in [2.24, 2.45) is 16.6 Å². The van der Waals surface area contributed by atoms with Gasteiger partial charge in [-0.2, -0.15) is 0 Å². The molecule has 2 rings (SSSR count). The summed E-state index contributed by atoms with van der Waals surface area (Å²) in [4.78, 5) is 23.6. The van der Waals surface area contributed by atoms with Crippen molar-refractivity contribution in [3.8, 4) is 0 Å². The molecule has 0 aromatic rings. The van der Waals surface area contributed by atoms with E-state index in [0.717, 1.165) is 19.3 Å². The molecule has 2 aliphatic rings. The Balaban J connectivity index is 1.95. The van der Waals surface area contributed by atoms with E-state index < -0.39 is 16.8 Å². The number of nitrogens with two attached hydrogens (primary N) is 1. The maximum absolute atomic E-state index is 12.2. The fourth-order valence-corrected chi connectivity index (χ4v) is 2.79. The summed E-state index contributed by atoms with van der Waals surface area (Å²) in [6.45, 7) is 1.38. The summed E-state index contributed by atoms with van der Waals surface area (Å²) in [6.07, 6.45) is 3.51. The minimum Gasteiger partial charge on any atom is -0.481 e. The number of carbonyl (C=O) groups is 2. The SMILES string of the molecule is NCC1(C(=O)NCC2(C(=O)O)CCOCC2)CCC1. The molecule has 2 fully saturated rings. The van der Waals surface area contributed by atoms with Crippen molar-refractivity contribution in [1.29, 1.82) is 0 Å². The lowest BCUT2D eigenvalue weighted by Crippen LogP contribution is -2.54. The second-order valence-corrected chi connectivity index (χ2v) is 5.72. The van der Waals surface area contributed by atoms with Crippen molar-refractivity contribution in [3.05, 3.63) is 0 Å². The molecular formula is C13H22N2O4. The average Bonchev–Trinajstić information content (AvgIpc) is 2.36. The van der Waals surface area contributed by atoms with Gasteiger partial charge in [-0.25, -0.2) is 0 Å². The predicted molar refractivity (Wildman–Crippen MR) is 68.5 cm³/mol. The number of rotatable bonds is 5. The Kier molecular flexibility index (Phi) is 4.10. The van der Waals surface area contributed by atoms with E-state index in [-0.39, 0.29) is 12.5 Å². The molecule has 1 amide bonds. The Hall–Kier alpha value is -1.14. The van der Waals surface area contributed by atoms with Crippen LogP contribution < -0.4 is 11.1 Å². The first-order valence-corrected chi connectivity index (χ1v) is 6.84. The van der Waals surface area contributed by atoms with Crippen LogP contribution in [0, 0.1) is 10.8 Å². The molecule has 19 heavy (non-hydrogen) atoms. The van der Waals surface area contributed by atoms with E-state index in [1.165, 1.54) is 0 Å². The van der Waals surface area contributed by atoms with E-state index >= 15 is 0 Å². The van der Waals surface area contributed by atoms with Crippen LogP contribution in [0.15, 0.2) is 0 Å². The zero-order valence-corrected chi connectivity index (χ0v) is 11.1. The molecule has 0 unspecified atom stereocenters. The predicted octanol–water partition coefficient (Wildman–Crippen LogP) is 0.113. The summed E-state index contributed by atoms with van der Waals surface area (Å²) in [7, 11) is 0. The molecule has 0 aromatic carbocycles. The standard InChI is InChI=1S/C13H22N2O4/c14-8-12(2-1-3-12)10(16)15-9-13(11(17)18)4-6-19-7-5-13/h1-9,14H2,(H,15,16)(H,17,18). The molecule has 6 nitrogen and oxygen atoms in total. The summed E-state index contributed by atoms with van der Waals surface area (Å²) in [5.74, 6) is -0.945. The van der Waals surface area contributed by atoms with Gasteiger partial charge >= 0.3 is 5.97 Å².